The molecule has 7 heteroatoms. The number of rotatable bonds is 4. The average molecular weight is 340 g/mol. The van der Waals surface area contributed by atoms with Gasteiger partial charge in [-0.25, -0.2) is 4.79 Å². The Morgan fingerprint density at radius 1 is 1.22 bits per heavy atom. The van der Waals surface area contributed by atoms with Crippen LogP contribution in [0.3, 0.4) is 0 Å². The van der Waals surface area contributed by atoms with E-state index in [1.54, 1.807) is 11.8 Å². The van der Waals surface area contributed by atoms with Crippen LogP contribution in [0.4, 0.5) is 0 Å². The summed E-state index contributed by atoms with van der Waals surface area (Å²) in [5.41, 5.74) is -1.15. The fraction of sp³-hybridized carbons (Fsp3) is 0.812. The first-order valence-corrected chi connectivity index (χ1v) is 9.60. The average Bonchev–Trinajstić information content (AvgIpc) is 3.17. The summed E-state index contributed by atoms with van der Waals surface area (Å²) >= 11 is 1.71. The van der Waals surface area contributed by atoms with Crippen molar-refractivity contribution >= 4 is 29.5 Å². The Balaban J connectivity index is 1.63. The van der Waals surface area contributed by atoms with Crippen LogP contribution in [0.25, 0.3) is 0 Å². The van der Waals surface area contributed by atoms with Crippen molar-refractivity contribution < 1.29 is 19.5 Å². The van der Waals surface area contributed by atoms with E-state index in [1.165, 1.54) is 0 Å². The number of carbonyl (C=O) groups is 3. The molecule has 3 aliphatic rings. The van der Waals surface area contributed by atoms with E-state index < -0.39 is 17.4 Å². The Kier molecular flexibility index (Phi) is 4.85. The number of aliphatic carboxylic acids is 1. The highest BCUT2D eigenvalue weighted by atomic mass is 32.2. The number of nitrogens with zero attached hydrogens (tertiary/aromatic N) is 1. The maximum Gasteiger partial charge on any atom is 0.329 e. The molecule has 0 aromatic carbocycles. The number of carboxylic acid groups (broad SMARTS) is 1. The number of carbonyl (C=O) groups excluding carboxylic acids is 2. The van der Waals surface area contributed by atoms with Gasteiger partial charge in [0.1, 0.15) is 5.54 Å². The SMILES string of the molecule is O=C(NC1(C(=O)O)CCSCC1)C1CC(=O)N(C2CCCC2)C1. The fourth-order valence-corrected chi connectivity index (χ4v) is 5.12. The van der Waals surface area contributed by atoms with Crippen LogP contribution in [0.1, 0.15) is 44.9 Å². The lowest BCUT2D eigenvalue weighted by Crippen LogP contribution is -2.58. The molecular formula is C16H24N2O4S. The van der Waals surface area contributed by atoms with Gasteiger partial charge in [-0.15, -0.1) is 0 Å². The summed E-state index contributed by atoms with van der Waals surface area (Å²) in [6.45, 7) is 0.444. The summed E-state index contributed by atoms with van der Waals surface area (Å²) in [7, 11) is 0. The normalized spacial score (nSPS) is 28.1. The van der Waals surface area contributed by atoms with Crippen LogP contribution in [0, 0.1) is 5.92 Å². The number of nitrogens with one attached hydrogen (secondary N) is 1. The standard InChI is InChI=1S/C16H24N2O4S/c19-13-9-11(10-18(13)12-3-1-2-4-12)14(20)17-16(15(21)22)5-7-23-8-6-16/h11-12H,1-10H2,(H,17,20)(H,21,22). The van der Waals surface area contributed by atoms with E-state index in [-0.39, 0.29) is 24.3 Å². The lowest BCUT2D eigenvalue weighted by molar-refractivity contribution is -0.148. The molecule has 0 spiro atoms. The van der Waals surface area contributed by atoms with Gasteiger partial charge in [-0.3, -0.25) is 9.59 Å². The van der Waals surface area contributed by atoms with Gasteiger partial charge >= 0.3 is 5.97 Å². The molecule has 1 aliphatic carbocycles. The van der Waals surface area contributed by atoms with Crippen molar-refractivity contribution in [2.45, 2.75) is 56.5 Å². The van der Waals surface area contributed by atoms with Gasteiger partial charge in [-0.1, -0.05) is 12.8 Å². The van der Waals surface area contributed by atoms with Crippen LogP contribution in [0.2, 0.25) is 0 Å². The first-order valence-electron chi connectivity index (χ1n) is 8.44. The molecule has 1 atom stereocenters. The molecule has 2 aliphatic heterocycles. The lowest BCUT2D eigenvalue weighted by Gasteiger charge is -2.34. The molecule has 2 amide bonds. The molecular weight excluding hydrogens is 316 g/mol. The molecule has 0 radical (unpaired) electrons. The van der Waals surface area contributed by atoms with Gasteiger partial charge in [0.25, 0.3) is 0 Å². The van der Waals surface area contributed by atoms with E-state index in [2.05, 4.69) is 5.32 Å². The second-order valence-corrected chi connectivity index (χ2v) is 8.10. The van der Waals surface area contributed by atoms with Crippen molar-refractivity contribution in [2.24, 2.45) is 5.92 Å². The van der Waals surface area contributed by atoms with E-state index in [9.17, 15) is 19.5 Å². The van der Waals surface area contributed by atoms with E-state index in [0.29, 0.717) is 19.4 Å². The van der Waals surface area contributed by atoms with Crippen molar-refractivity contribution in [3.63, 3.8) is 0 Å². The van der Waals surface area contributed by atoms with Gasteiger partial charge in [0.15, 0.2) is 0 Å². The topological polar surface area (TPSA) is 86.7 Å². The second-order valence-electron chi connectivity index (χ2n) is 6.87. The largest absolute Gasteiger partial charge is 0.480 e. The third kappa shape index (κ3) is 3.34. The van der Waals surface area contributed by atoms with Crippen LogP contribution >= 0.6 is 11.8 Å². The van der Waals surface area contributed by atoms with E-state index in [1.807, 2.05) is 4.90 Å². The minimum absolute atomic E-state index is 0.0422. The van der Waals surface area contributed by atoms with E-state index >= 15 is 0 Å². The van der Waals surface area contributed by atoms with Gasteiger partial charge in [0.2, 0.25) is 11.8 Å². The summed E-state index contributed by atoms with van der Waals surface area (Å²) in [6.07, 6.45) is 5.45. The van der Waals surface area contributed by atoms with Crippen molar-refractivity contribution in [3.8, 4) is 0 Å². The first kappa shape index (κ1) is 16.6. The van der Waals surface area contributed by atoms with Crippen molar-refractivity contribution in [1.29, 1.82) is 0 Å². The Morgan fingerprint density at radius 2 is 1.87 bits per heavy atom. The molecule has 23 heavy (non-hydrogen) atoms. The second kappa shape index (κ2) is 6.71. The van der Waals surface area contributed by atoms with Crippen LogP contribution in [0.15, 0.2) is 0 Å². The van der Waals surface area contributed by atoms with Gasteiger partial charge in [0, 0.05) is 19.0 Å². The first-order chi connectivity index (χ1) is 11.0. The molecule has 1 saturated carbocycles. The summed E-state index contributed by atoms with van der Waals surface area (Å²) in [4.78, 5) is 38.3. The molecule has 6 nitrogen and oxygen atoms in total. The van der Waals surface area contributed by atoms with Gasteiger partial charge in [-0.05, 0) is 37.2 Å². The maximum atomic E-state index is 12.6. The van der Waals surface area contributed by atoms with E-state index in [4.69, 9.17) is 0 Å². The highest BCUT2D eigenvalue weighted by Crippen LogP contribution is 2.31. The minimum atomic E-state index is -1.15. The zero-order valence-electron chi connectivity index (χ0n) is 13.3. The Hall–Kier alpha value is -1.24. The summed E-state index contributed by atoms with van der Waals surface area (Å²) in [5, 5.41) is 12.3. The number of thioether (sulfide) groups is 1. The number of hydrogen-bond donors (Lipinski definition) is 2. The molecule has 1 unspecified atom stereocenters. The van der Waals surface area contributed by atoms with Crippen LogP contribution in [-0.4, -0.2) is 57.4 Å². The highest BCUT2D eigenvalue weighted by Gasteiger charge is 2.45. The van der Waals surface area contributed by atoms with Crippen molar-refractivity contribution in [1.82, 2.24) is 10.2 Å². The summed E-state index contributed by atoms with van der Waals surface area (Å²) in [5.74, 6) is -0.111. The quantitative estimate of drug-likeness (QED) is 0.804. The lowest BCUT2D eigenvalue weighted by atomic mass is 9.91. The molecule has 2 heterocycles. The molecule has 3 fully saturated rings. The maximum absolute atomic E-state index is 12.6. The Labute approximate surface area is 140 Å². The predicted octanol–water partition coefficient (Wildman–Crippen LogP) is 1.24. The number of hydrogen-bond acceptors (Lipinski definition) is 4. The third-order valence-electron chi connectivity index (χ3n) is 5.41. The van der Waals surface area contributed by atoms with Crippen molar-refractivity contribution in [3.05, 3.63) is 0 Å². The molecule has 0 aromatic heterocycles. The van der Waals surface area contributed by atoms with Crippen LogP contribution in [-0.2, 0) is 14.4 Å². The highest BCUT2D eigenvalue weighted by molar-refractivity contribution is 7.99. The van der Waals surface area contributed by atoms with Gasteiger partial charge in [-0.2, -0.15) is 11.8 Å². The third-order valence-corrected chi connectivity index (χ3v) is 6.40. The molecule has 2 saturated heterocycles. The zero-order valence-corrected chi connectivity index (χ0v) is 14.1. The Morgan fingerprint density at radius 3 is 2.48 bits per heavy atom. The van der Waals surface area contributed by atoms with Crippen LogP contribution < -0.4 is 5.32 Å². The van der Waals surface area contributed by atoms with Gasteiger partial charge in [0.05, 0.1) is 5.92 Å². The smallest absolute Gasteiger partial charge is 0.329 e. The monoisotopic (exact) mass is 340 g/mol. The van der Waals surface area contributed by atoms with Crippen LogP contribution in [0.5, 0.6) is 0 Å². The summed E-state index contributed by atoms with van der Waals surface area (Å²) < 4.78 is 0. The fourth-order valence-electron chi connectivity index (χ4n) is 3.93. The summed E-state index contributed by atoms with van der Waals surface area (Å²) in [6, 6.07) is 0.278. The number of amides is 2. The molecule has 0 aromatic rings. The predicted molar refractivity (Wildman–Crippen MR) is 87.1 cm³/mol. The van der Waals surface area contributed by atoms with E-state index in [0.717, 1.165) is 37.2 Å². The molecule has 0 bridgehead atoms. The minimum Gasteiger partial charge on any atom is -0.480 e. The Bertz CT molecular complexity index is 498. The molecule has 128 valence electrons. The number of carboxylic acids is 1. The molecule has 2 N–H and O–H groups in total. The van der Waals surface area contributed by atoms with Gasteiger partial charge < -0.3 is 15.3 Å². The zero-order chi connectivity index (χ0) is 16.4. The number of likely N-dealkylation sites (tertiary alicyclic amines) is 1. The van der Waals surface area contributed by atoms with Crippen molar-refractivity contribution in [2.75, 3.05) is 18.1 Å². The molecule has 3 rings (SSSR count).